The molecule has 11 atom stereocenters. The van der Waals surface area contributed by atoms with Crippen molar-refractivity contribution < 1.29 is 49.0 Å². The molecule has 0 radical (unpaired) electrons. The van der Waals surface area contributed by atoms with E-state index in [-0.39, 0.29) is 30.3 Å². The van der Waals surface area contributed by atoms with Gasteiger partial charge in [-0.15, -0.1) is 11.3 Å². The van der Waals surface area contributed by atoms with Crippen molar-refractivity contribution in [1.29, 1.82) is 0 Å². The van der Waals surface area contributed by atoms with E-state index in [4.69, 9.17) is 18.9 Å². The van der Waals surface area contributed by atoms with Gasteiger partial charge in [-0.05, 0) is 44.3 Å². The Labute approximate surface area is 257 Å². The van der Waals surface area contributed by atoms with Crippen LogP contribution < -0.4 is 0 Å². The van der Waals surface area contributed by atoms with E-state index in [9.17, 15) is 30.0 Å². The molecule has 12 heteroatoms. The van der Waals surface area contributed by atoms with Crippen LogP contribution in [0.25, 0.3) is 6.08 Å². The van der Waals surface area contributed by atoms with Gasteiger partial charge in [-0.25, -0.2) is 4.98 Å². The number of esters is 1. The number of aromatic nitrogens is 1. The number of fused-ring (bicyclic) bond motifs is 1. The van der Waals surface area contributed by atoms with Gasteiger partial charge in [-0.2, -0.15) is 0 Å². The van der Waals surface area contributed by atoms with Gasteiger partial charge in [0.05, 0.1) is 53.6 Å². The van der Waals surface area contributed by atoms with Crippen molar-refractivity contribution in [2.24, 2.45) is 17.3 Å². The number of ketones is 1. The minimum Gasteiger partial charge on any atom is -0.458 e. The van der Waals surface area contributed by atoms with Crippen molar-refractivity contribution in [2.45, 2.75) is 129 Å². The van der Waals surface area contributed by atoms with E-state index in [2.05, 4.69) is 4.98 Å². The number of aliphatic hydroxyl groups excluding tert-OH is 4. The van der Waals surface area contributed by atoms with Crippen LogP contribution in [0.15, 0.2) is 11.0 Å². The van der Waals surface area contributed by atoms with Crippen LogP contribution in [0.5, 0.6) is 0 Å². The molecule has 0 amide bonds. The number of epoxide rings is 1. The number of nitrogens with zero attached hydrogens (tertiary/aromatic N) is 1. The van der Waals surface area contributed by atoms with E-state index >= 15 is 0 Å². The molecule has 3 aliphatic heterocycles. The van der Waals surface area contributed by atoms with Crippen molar-refractivity contribution in [1.82, 2.24) is 4.98 Å². The van der Waals surface area contributed by atoms with Crippen molar-refractivity contribution >= 4 is 29.2 Å². The fourth-order valence-corrected chi connectivity index (χ4v) is 6.70. The number of aliphatic hydroxyl groups is 4. The van der Waals surface area contributed by atoms with Crippen LogP contribution >= 0.6 is 11.3 Å². The van der Waals surface area contributed by atoms with Gasteiger partial charge in [0, 0.05) is 17.7 Å². The second-order valence-corrected chi connectivity index (χ2v) is 14.0. The highest BCUT2D eigenvalue weighted by Gasteiger charge is 2.50. The third kappa shape index (κ3) is 8.09. The van der Waals surface area contributed by atoms with Crippen LogP contribution in [-0.2, 0) is 28.5 Å². The van der Waals surface area contributed by atoms with Crippen molar-refractivity contribution in [3.8, 4) is 0 Å². The first-order valence-corrected chi connectivity index (χ1v) is 16.1. The topological polar surface area (TPSA) is 168 Å². The molecule has 0 spiro atoms. The molecule has 1 aromatic rings. The van der Waals surface area contributed by atoms with Crippen LogP contribution in [0.2, 0.25) is 0 Å². The first-order valence-electron chi connectivity index (χ1n) is 15.2. The standard InChI is InChI=1S/C31H47NO10S/c1-15-8-7-9-20-22(39-20)11-21(16(2)10-19-14-43-18(4)32-19)40-25(34)12-24(31(5,6)29(38)17(3)26(15)35)42-30-28(37)27(36)23(13-33)41-30/h10,14-15,17,20-24,26-28,30,33,35-37H,7-9,11-13H2,1-6H3/b16-10+/t15-,17+,20+,21-,22-,23+,24-,26-,27-,28+,30-/m0/s1. The van der Waals surface area contributed by atoms with Gasteiger partial charge in [0.2, 0.25) is 0 Å². The molecule has 3 saturated heterocycles. The van der Waals surface area contributed by atoms with E-state index in [1.807, 2.05) is 32.2 Å². The Hall–Kier alpha value is -1.77. The summed E-state index contributed by atoms with van der Waals surface area (Å²) in [6, 6.07) is 0. The molecule has 0 bridgehead atoms. The van der Waals surface area contributed by atoms with E-state index in [1.54, 1.807) is 20.8 Å². The van der Waals surface area contributed by atoms with E-state index in [1.165, 1.54) is 11.3 Å². The number of hydrogen-bond donors (Lipinski definition) is 4. The largest absolute Gasteiger partial charge is 0.458 e. The van der Waals surface area contributed by atoms with Gasteiger partial charge in [0.25, 0.3) is 0 Å². The average Bonchev–Trinajstić information content (AvgIpc) is 3.47. The van der Waals surface area contributed by atoms with Crippen molar-refractivity contribution in [2.75, 3.05) is 6.61 Å². The molecule has 0 aromatic carbocycles. The lowest BCUT2D eigenvalue weighted by atomic mass is 9.72. The SMILES string of the molecule is C/C(=C\c1csc(C)n1)[C@@H]1C[C@@H]2O[C@@H]2CCC[C@H](C)[C@H](O)[C@@H](C)C(=O)C(C)(C)[C@@H](O[C@@H]2O[C@H](CO)[C@H](O)[C@H]2O)CC(=O)O1. The van der Waals surface area contributed by atoms with Crippen molar-refractivity contribution in [3.05, 3.63) is 21.7 Å². The minimum atomic E-state index is -1.51. The normalized spacial score (nSPS) is 39.8. The zero-order valence-electron chi connectivity index (χ0n) is 25.8. The monoisotopic (exact) mass is 625 g/mol. The highest BCUT2D eigenvalue weighted by molar-refractivity contribution is 7.09. The van der Waals surface area contributed by atoms with Gasteiger partial charge >= 0.3 is 5.97 Å². The quantitative estimate of drug-likeness (QED) is 0.280. The lowest BCUT2D eigenvalue weighted by Gasteiger charge is -2.38. The number of hydrogen-bond acceptors (Lipinski definition) is 12. The summed E-state index contributed by atoms with van der Waals surface area (Å²) in [6.45, 7) is 10.1. The van der Waals surface area contributed by atoms with Crippen LogP contribution in [-0.4, -0.2) is 98.9 Å². The molecule has 0 aliphatic carbocycles. The first-order chi connectivity index (χ1) is 20.2. The zero-order valence-corrected chi connectivity index (χ0v) is 26.7. The summed E-state index contributed by atoms with van der Waals surface area (Å²) < 4.78 is 23.6. The molecule has 0 unspecified atom stereocenters. The van der Waals surface area contributed by atoms with Crippen LogP contribution in [0, 0.1) is 24.2 Å². The molecular formula is C31H47NO10S. The highest BCUT2D eigenvalue weighted by atomic mass is 32.1. The third-order valence-corrected chi connectivity index (χ3v) is 9.97. The number of Topliss-reactive ketones (excluding diaryl/α,β-unsaturated/α-hetero) is 1. The van der Waals surface area contributed by atoms with Gasteiger partial charge in [-0.3, -0.25) is 9.59 Å². The Morgan fingerprint density at radius 1 is 1.12 bits per heavy atom. The molecule has 242 valence electrons. The maximum atomic E-state index is 13.9. The fraction of sp³-hybridized carbons (Fsp3) is 0.774. The van der Waals surface area contributed by atoms with Gasteiger partial charge in [0.1, 0.15) is 30.2 Å². The smallest absolute Gasteiger partial charge is 0.309 e. The molecule has 4 rings (SSSR count). The summed E-state index contributed by atoms with van der Waals surface area (Å²) in [7, 11) is 0. The first kappa shape index (κ1) is 34.1. The Bertz CT molecular complexity index is 1150. The number of carbonyl (C=O) groups is 2. The van der Waals surface area contributed by atoms with E-state index in [0.29, 0.717) is 6.42 Å². The minimum absolute atomic E-state index is 0.0359. The maximum Gasteiger partial charge on any atom is 0.309 e. The van der Waals surface area contributed by atoms with Crippen molar-refractivity contribution in [3.63, 3.8) is 0 Å². The number of thiazole rings is 1. The molecule has 11 nitrogen and oxygen atoms in total. The molecular weight excluding hydrogens is 578 g/mol. The molecule has 4 heterocycles. The Kier molecular flexibility index (Phi) is 11.2. The number of ether oxygens (including phenoxy) is 4. The lowest BCUT2D eigenvalue weighted by molar-refractivity contribution is -0.218. The number of rotatable bonds is 5. The predicted octanol–water partition coefficient (Wildman–Crippen LogP) is 2.55. The van der Waals surface area contributed by atoms with Gasteiger partial charge in [0.15, 0.2) is 6.29 Å². The van der Waals surface area contributed by atoms with E-state index < -0.39 is 66.8 Å². The molecule has 0 saturated carbocycles. The summed E-state index contributed by atoms with van der Waals surface area (Å²) in [5, 5.41) is 44.3. The summed E-state index contributed by atoms with van der Waals surface area (Å²) in [4.78, 5) is 32.0. The number of carbonyl (C=O) groups excluding carboxylic acids is 2. The Morgan fingerprint density at radius 2 is 1.84 bits per heavy atom. The second kappa shape index (κ2) is 14.1. The predicted molar refractivity (Wildman–Crippen MR) is 158 cm³/mol. The van der Waals surface area contributed by atoms with Gasteiger partial charge in [-0.1, -0.05) is 34.1 Å². The summed E-state index contributed by atoms with van der Waals surface area (Å²) in [6.07, 6.45) is -3.78. The van der Waals surface area contributed by atoms with Crippen LogP contribution in [0.1, 0.15) is 77.4 Å². The van der Waals surface area contributed by atoms with Crippen LogP contribution in [0.3, 0.4) is 0 Å². The highest BCUT2D eigenvalue weighted by Crippen LogP contribution is 2.38. The molecule has 43 heavy (non-hydrogen) atoms. The summed E-state index contributed by atoms with van der Waals surface area (Å²) >= 11 is 1.53. The molecule has 3 aliphatic rings. The molecule has 4 N–H and O–H groups in total. The summed E-state index contributed by atoms with van der Waals surface area (Å²) in [5.74, 6) is -1.87. The Balaban J connectivity index is 1.63. The zero-order chi connectivity index (χ0) is 31.6. The van der Waals surface area contributed by atoms with Crippen LogP contribution in [0.4, 0.5) is 0 Å². The maximum absolute atomic E-state index is 13.9. The molecule has 1 aromatic heterocycles. The number of aryl methyl sites for hydroxylation is 1. The Morgan fingerprint density at radius 3 is 2.47 bits per heavy atom. The van der Waals surface area contributed by atoms with Gasteiger partial charge < -0.3 is 39.4 Å². The third-order valence-electron chi connectivity index (χ3n) is 9.17. The lowest BCUT2D eigenvalue weighted by Crippen LogP contribution is -2.49. The average molecular weight is 626 g/mol. The molecule has 3 fully saturated rings. The summed E-state index contributed by atoms with van der Waals surface area (Å²) in [5.41, 5.74) is 0.246. The number of cyclic esters (lactones) is 1. The van der Waals surface area contributed by atoms with E-state index in [0.717, 1.165) is 35.5 Å². The fourth-order valence-electron chi connectivity index (χ4n) is 6.13. The second-order valence-electron chi connectivity index (χ2n) is 12.9.